The number of rotatable bonds is 3. The van der Waals surface area contributed by atoms with E-state index in [1.54, 1.807) is 6.07 Å². The molecule has 0 unspecified atom stereocenters. The molecular formula is C13H9BrN4O2. The highest BCUT2D eigenvalue weighted by Gasteiger charge is 2.24. The summed E-state index contributed by atoms with van der Waals surface area (Å²) in [5.74, 6) is 0. The quantitative estimate of drug-likeness (QED) is 0.589. The molecule has 0 spiro atoms. The van der Waals surface area contributed by atoms with Crippen LogP contribution in [0.2, 0.25) is 0 Å². The first kappa shape index (κ1) is 12.7. The molecule has 0 radical (unpaired) electrons. The third-order valence-electron chi connectivity index (χ3n) is 3.04. The van der Waals surface area contributed by atoms with Crippen molar-refractivity contribution in [2.24, 2.45) is 0 Å². The van der Waals surface area contributed by atoms with Crippen LogP contribution in [0.5, 0.6) is 0 Å². The minimum atomic E-state index is -0.409. The highest BCUT2D eigenvalue weighted by atomic mass is 79.9. The van der Waals surface area contributed by atoms with Crippen LogP contribution < -0.4 is 0 Å². The highest BCUT2D eigenvalue weighted by Crippen LogP contribution is 2.34. The zero-order valence-electron chi connectivity index (χ0n) is 10.2. The zero-order valence-corrected chi connectivity index (χ0v) is 11.8. The molecule has 0 saturated heterocycles. The Kier molecular flexibility index (Phi) is 3.19. The van der Waals surface area contributed by atoms with Gasteiger partial charge < -0.3 is 0 Å². The van der Waals surface area contributed by atoms with Crippen LogP contribution in [0.15, 0.2) is 40.9 Å². The first-order chi connectivity index (χ1) is 9.66. The van der Waals surface area contributed by atoms with E-state index in [2.05, 4.69) is 31.3 Å². The minimum absolute atomic E-state index is 0.00743. The maximum atomic E-state index is 11.4. The summed E-state index contributed by atoms with van der Waals surface area (Å²) >= 11 is 3.39. The number of nitrogens with zero attached hydrogens (tertiary/aromatic N) is 3. The summed E-state index contributed by atoms with van der Waals surface area (Å²) < 4.78 is 0.662. The van der Waals surface area contributed by atoms with Crippen LogP contribution in [0.1, 0.15) is 11.1 Å². The van der Waals surface area contributed by atoms with Gasteiger partial charge in [0, 0.05) is 10.9 Å². The van der Waals surface area contributed by atoms with Crippen molar-refractivity contribution in [2.45, 2.75) is 6.42 Å². The van der Waals surface area contributed by atoms with Crippen LogP contribution in [-0.2, 0) is 6.42 Å². The Morgan fingerprint density at radius 2 is 2.00 bits per heavy atom. The molecule has 0 bridgehead atoms. The fourth-order valence-corrected chi connectivity index (χ4v) is 2.69. The number of nitrogens with one attached hydrogen (secondary N) is 1. The van der Waals surface area contributed by atoms with E-state index >= 15 is 0 Å². The molecule has 7 heteroatoms. The Morgan fingerprint density at radius 3 is 2.70 bits per heavy atom. The fourth-order valence-electron chi connectivity index (χ4n) is 2.14. The number of aromatic amines is 1. The van der Waals surface area contributed by atoms with Crippen LogP contribution in [0.3, 0.4) is 0 Å². The van der Waals surface area contributed by atoms with E-state index in [4.69, 9.17) is 0 Å². The van der Waals surface area contributed by atoms with E-state index < -0.39 is 4.92 Å². The average molecular weight is 333 g/mol. The van der Waals surface area contributed by atoms with Gasteiger partial charge in [0.25, 0.3) is 0 Å². The van der Waals surface area contributed by atoms with Crippen LogP contribution in [0.4, 0.5) is 5.69 Å². The Hall–Kier alpha value is -2.28. The Labute approximate surface area is 122 Å². The second kappa shape index (κ2) is 5.01. The van der Waals surface area contributed by atoms with Gasteiger partial charge in [0.2, 0.25) is 0 Å². The maximum absolute atomic E-state index is 11.4. The molecule has 0 saturated carbocycles. The lowest BCUT2D eigenvalue weighted by atomic mass is 10.0. The molecule has 6 nitrogen and oxygen atoms in total. The molecule has 0 aliphatic carbocycles. The molecule has 0 amide bonds. The van der Waals surface area contributed by atoms with E-state index in [-0.39, 0.29) is 11.2 Å². The van der Waals surface area contributed by atoms with Crippen LogP contribution in [0.25, 0.3) is 11.0 Å². The summed E-state index contributed by atoms with van der Waals surface area (Å²) in [7, 11) is 0. The van der Waals surface area contributed by atoms with Gasteiger partial charge in [0.05, 0.1) is 10.5 Å². The molecule has 100 valence electrons. The van der Waals surface area contributed by atoms with Crippen molar-refractivity contribution in [3.05, 3.63) is 62.1 Å². The standard InChI is InChI=1S/C13H9BrN4O2/c14-10-7-11-12(16-17-15-11)13(18(19)20)9(10)6-8-4-2-1-3-5-8/h1-5,7H,6H2,(H,15,16,17). The topological polar surface area (TPSA) is 84.7 Å². The minimum Gasteiger partial charge on any atom is -0.258 e. The van der Waals surface area contributed by atoms with Gasteiger partial charge in [0.1, 0.15) is 5.52 Å². The van der Waals surface area contributed by atoms with Crippen molar-refractivity contribution in [1.29, 1.82) is 0 Å². The first-order valence-corrected chi connectivity index (χ1v) is 6.66. The summed E-state index contributed by atoms with van der Waals surface area (Å²) in [6, 6.07) is 11.3. The molecule has 1 heterocycles. The third-order valence-corrected chi connectivity index (χ3v) is 3.75. The molecule has 0 aliphatic rings. The summed E-state index contributed by atoms with van der Waals surface area (Å²) in [6.07, 6.45) is 0.459. The van der Waals surface area contributed by atoms with Crippen molar-refractivity contribution in [3.8, 4) is 0 Å². The number of H-pyrrole nitrogens is 1. The zero-order chi connectivity index (χ0) is 14.1. The molecule has 3 aromatic rings. The van der Waals surface area contributed by atoms with E-state index in [1.807, 2.05) is 30.3 Å². The van der Waals surface area contributed by atoms with E-state index in [1.165, 1.54) is 0 Å². The molecule has 0 fully saturated rings. The summed E-state index contributed by atoms with van der Waals surface area (Å²) in [4.78, 5) is 11.0. The predicted molar refractivity (Wildman–Crippen MR) is 77.5 cm³/mol. The van der Waals surface area contributed by atoms with Gasteiger partial charge in [0.15, 0.2) is 5.52 Å². The Bertz CT molecular complexity index is 786. The first-order valence-electron chi connectivity index (χ1n) is 5.87. The van der Waals surface area contributed by atoms with E-state index in [0.29, 0.717) is 22.0 Å². The predicted octanol–water partition coefficient (Wildman–Crippen LogP) is 3.22. The lowest BCUT2D eigenvalue weighted by molar-refractivity contribution is -0.383. The Morgan fingerprint density at radius 1 is 1.25 bits per heavy atom. The van der Waals surface area contributed by atoms with Crippen molar-refractivity contribution in [3.63, 3.8) is 0 Å². The lowest BCUT2D eigenvalue weighted by Crippen LogP contribution is -1.99. The lowest BCUT2D eigenvalue weighted by Gasteiger charge is -2.06. The molecule has 0 atom stereocenters. The molecule has 2 aromatic carbocycles. The fraction of sp³-hybridized carbons (Fsp3) is 0.0769. The molecule has 1 N–H and O–H groups in total. The van der Waals surface area contributed by atoms with Crippen LogP contribution in [0, 0.1) is 10.1 Å². The second-order valence-electron chi connectivity index (χ2n) is 4.30. The summed E-state index contributed by atoms with van der Waals surface area (Å²) in [5.41, 5.74) is 2.35. The molecule has 0 aliphatic heterocycles. The van der Waals surface area contributed by atoms with E-state index in [9.17, 15) is 10.1 Å². The summed E-state index contributed by atoms with van der Waals surface area (Å²) in [6.45, 7) is 0. The highest BCUT2D eigenvalue weighted by molar-refractivity contribution is 9.10. The van der Waals surface area contributed by atoms with Gasteiger partial charge in [-0.25, -0.2) is 0 Å². The normalized spacial score (nSPS) is 10.8. The summed E-state index contributed by atoms with van der Waals surface area (Å²) in [5, 5.41) is 21.6. The van der Waals surface area contributed by atoms with Gasteiger partial charge in [-0.05, 0) is 11.6 Å². The third kappa shape index (κ3) is 2.16. The number of nitro benzene ring substituents is 1. The monoisotopic (exact) mass is 332 g/mol. The number of halogens is 1. The number of benzene rings is 2. The molecule has 3 rings (SSSR count). The number of aromatic nitrogens is 3. The van der Waals surface area contributed by atoms with Gasteiger partial charge in [-0.2, -0.15) is 10.3 Å². The van der Waals surface area contributed by atoms with Gasteiger partial charge in [-0.1, -0.05) is 46.3 Å². The smallest absolute Gasteiger partial charge is 0.258 e. The molecule has 1 aromatic heterocycles. The maximum Gasteiger partial charge on any atom is 0.303 e. The van der Waals surface area contributed by atoms with Gasteiger partial charge >= 0.3 is 5.69 Å². The van der Waals surface area contributed by atoms with E-state index in [0.717, 1.165) is 5.56 Å². The Balaban J connectivity index is 2.20. The largest absolute Gasteiger partial charge is 0.303 e. The van der Waals surface area contributed by atoms with Gasteiger partial charge in [-0.3, -0.25) is 10.1 Å². The number of nitro groups is 1. The number of hydrogen-bond donors (Lipinski definition) is 1. The SMILES string of the molecule is O=[N+]([O-])c1c(Cc2ccccc2)c(Br)cc2n[nH]nc12. The van der Waals surface area contributed by atoms with Crippen LogP contribution >= 0.6 is 15.9 Å². The van der Waals surface area contributed by atoms with Crippen molar-refractivity contribution < 1.29 is 4.92 Å². The number of hydrogen-bond acceptors (Lipinski definition) is 4. The molecular weight excluding hydrogens is 324 g/mol. The van der Waals surface area contributed by atoms with Crippen molar-refractivity contribution in [1.82, 2.24) is 15.4 Å². The van der Waals surface area contributed by atoms with Gasteiger partial charge in [-0.15, -0.1) is 5.10 Å². The number of fused-ring (bicyclic) bond motifs is 1. The van der Waals surface area contributed by atoms with Crippen LogP contribution in [-0.4, -0.2) is 20.3 Å². The van der Waals surface area contributed by atoms with Crippen molar-refractivity contribution in [2.75, 3.05) is 0 Å². The average Bonchev–Trinajstić information content (AvgIpc) is 2.87. The second-order valence-corrected chi connectivity index (χ2v) is 5.15. The van der Waals surface area contributed by atoms with Crippen molar-refractivity contribution >= 4 is 32.7 Å². The molecule has 20 heavy (non-hydrogen) atoms.